The lowest BCUT2D eigenvalue weighted by molar-refractivity contribution is 0.101. The summed E-state index contributed by atoms with van der Waals surface area (Å²) in [4.78, 5) is 12.1. The molecule has 1 aromatic rings. The second-order valence-corrected chi connectivity index (χ2v) is 5.23. The lowest BCUT2D eigenvalue weighted by Gasteiger charge is -2.15. The molecule has 0 spiro atoms. The molecule has 0 bridgehead atoms. The Labute approximate surface area is 94.7 Å². The number of benzene rings is 1. The predicted octanol–water partition coefficient (Wildman–Crippen LogP) is 2.75. The minimum absolute atomic E-state index is 0.0778. The van der Waals surface area contributed by atoms with Gasteiger partial charge in [-0.25, -0.2) is 0 Å². The zero-order chi connectivity index (χ0) is 11.5. The van der Waals surface area contributed by atoms with Crippen LogP contribution in [0.2, 0.25) is 0 Å². The maximum Gasteiger partial charge on any atom is 0.159 e. The summed E-state index contributed by atoms with van der Waals surface area (Å²) in [5.41, 5.74) is 0.0619. The van der Waals surface area contributed by atoms with Crippen LogP contribution >= 0.6 is 11.8 Å². The number of ketones is 1. The molecule has 0 aliphatic heterocycles. The monoisotopic (exact) mass is 224 g/mol. The van der Waals surface area contributed by atoms with Crippen molar-refractivity contribution in [1.29, 1.82) is 0 Å². The van der Waals surface area contributed by atoms with Gasteiger partial charge < -0.3 is 5.11 Å². The molecular formula is C12H16O2S. The van der Waals surface area contributed by atoms with E-state index in [9.17, 15) is 9.90 Å². The van der Waals surface area contributed by atoms with Crippen molar-refractivity contribution in [2.45, 2.75) is 31.3 Å². The molecule has 1 aromatic carbocycles. The van der Waals surface area contributed by atoms with E-state index in [1.165, 1.54) is 0 Å². The molecule has 0 radical (unpaired) electrons. The van der Waals surface area contributed by atoms with Gasteiger partial charge in [0.05, 0.1) is 5.60 Å². The summed E-state index contributed by atoms with van der Waals surface area (Å²) in [5, 5.41) is 9.55. The Morgan fingerprint density at radius 3 is 2.27 bits per heavy atom. The SMILES string of the molecule is CC(=O)c1ccc(SCC(C)(C)O)cc1. The van der Waals surface area contributed by atoms with Crippen LogP contribution in [-0.2, 0) is 0 Å². The molecule has 0 heterocycles. The van der Waals surface area contributed by atoms with Crippen molar-refractivity contribution < 1.29 is 9.90 Å². The fraction of sp³-hybridized carbons (Fsp3) is 0.417. The van der Waals surface area contributed by atoms with Gasteiger partial charge in [-0.3, -0.25) is 4.79 Å². The highest BCUT2D eigenvalue weighted by molar-refractivity contribution is 7.99. The highest BCUT2D eigenvalue weighted by Gasteiger charge is 2.12. The van der Waals surface area contributed by atoms with Crippen molar-refractivity contribution in [3.63, 3.8) is 0 Å². The van der Waals surface area contributed by atoms with Gasteiger partial charge in [0.25, 0.3) is 0 Å². The van der Waals surface area contributed by atoms with Crippen LogP contribution in [0.1, 0.15) is 31.1 Å². The van der Waals surface area contributed by atoms with Crippen LogP contribution in [-0.4, -0.2) is 22.2 Å². The number of thioether (sulfide) groups is 1. The minimum Gasteiger partial charge on any atom is -0.390 e. The highest BCUT2D eigenvalue weighted by Crippen LogP contribution is 2.22. The molecule has 0 saturated carbocycles. The number of carbonyl (C=O) groups excluding carboxylic acids is 1. The van der Waals surface area contributed by atoms with Crippen LogP contribution in [0.4, 0.5) is 0 Å². The summed E-state index contributed by atoms with van der Waals surface area (Å²) in [6, 6.07) is 7.45. The zero-order valence-electron chi connectivity index (χ0n) is 9.28. The van der Waals surface area contributed by atoms with Crippen LogP contribution < -0.4 is 0 Å². The quantitative estimate of drug-likeness (QED) is 0.631. The van der Waals surface area contributed by atoms with Crippen LogP contribution in [0, 0.1) is 0 Å². The average molecular weight is 224 g/mol. The highest BCUT2D eigenvalue weighted by atomic mass is 32.2. The van der Waals surface area contributed by atoms with E-state index in [0.717, 1.165) is 10.5 Å². The summed E-state index contributed by atoms with van der Waals surface area (Å²) in [7, 11) is 0. The van der Waals surface area contributed by atoms with Gasteiger partial charge in [0.1, 0.15) is 0 Å². The predicted molar refractivity (Wildman–Crippen MR) is 63.5 cm³/mol. The molecule has 0 fully saturated rings. The first-order chi connectivity index (χ1) is 6.88. The molecular weight excluding hydrogens is 208 g/mol. The van der Waals surface area contributed by atoms with E-state index in [2.05, 4.69) is 0 Å². The fourth-order valence-corrected chi connectivity index (χ4v) is 1.89. The summed E-state index contributed by atoms with van der Waals surface area (Å²) in [5.74, 6) is 0.723. The van der Waals surface area contributed by atoms with E-state index >= 15 is 0 Å². The standard InChI is InChI=1S/C12H16O2S/c1-9(13)10-4-6-11(7-5-10)15-8-12(2,3)14/h4-7,14H,8H2,1-3H3. The second-order valence-electron chi connectivity index (χ2n) is 4.18. The van der Waals surface area contributed by atoms with Crippen molar-refractivity contribution in [2.75, 3.05) is 5.75 Å². The average Bonchev–Trinajstić information content (AvgIpc) is 2.14. The Morgan fingerprint density at radius 1 is 1.33 bits per heavy atom. The summed E-state index contributed by atoms with van der Waals surface area (Å²) in [6.07, 6.45) is 0. The number of rotatable bonds is 4. The summed E-state index contributed by atoms with van der Waals surface area (Å²) < 4.78 is 0. The van der Waals surface area contributed by atoms with Gasteiger partial charge >= 0.3 is 0 Å². The normalized spacial score (nSPS) is 11.5. The molecule has 0 aliphatic rings. The number of hydrogen-bond acceptors (Lipinski definition) is 3. The Morgan fingerprint density at radius 2 is 1.87 bits per heavy atom. The first-order valence-corrected chi connectivity index (χ1v) is 5.83. The topological polar surface area (TPSA) is 37.3 Å². The molecule has 3 heteroatoms. The number of aliphatic hydroxyl groups is 1. The number of Topliss-reactive ketones (excluding diaryl/α,β-unsaturated/α-hetero) is 1. The maximum atomic E-state index is 11.0. The third kappa shape index (κ3) is 4.49. The number of carbonyl (C=O) groups is 1. The molecule has 0 aliphatic carbocycles. The van der Waals surface area contributed by atoms with Gasteiger partial charge in [-0.15, -0.1) is 11.8 Å². The van der Waals surface area contributed by atoms with Crippen LogP contribution in [0.5, 0.6) is 0 Å². The van der Waals surface area contributed by atoms with Crippen molar-refractivity contribution in [3.05, 3.63) is 29.8 Å². The molecule has 0 saturated heterocycles. The molecule has 0 aromatic heterocycles. The first-order valence-electron chi connectivity index (χ1n) is 4.85. The summed E-state index contributed by atoms with van der Waals surface area (Å²) >= 11 is 1.59. The molecule has 2 nitrogen and oxygen atoms in total. The van der Waals surface area contributed by atoms with E-state index in [1.54, 1.807) is 32.5 Å². The number of hydrogen-bond donors (Lipinski definition) is 1. The molecule has 0 atom stereocenters. The molecule has 15 heavy (non-hydrogen) atoms. The van der Waals surface area contributed by atoms with Crippen molar-refractivity contribution in [2.24, 2.45) is 0 Å². The third-order valence-corrected chi connectivity index (χ3v) is 3.31. The minimum atomic E-state index is -0.663. The van der Waals surface area contributed by atoms with Gasteiger partial charge in [-0.05, 0) is 32.9 Å². The lowest BCUT2D eigenvalue weighted by atomic mass is 10.2. The second kappa shape index (κ2) is 4.81. The maximum absolute atomic E-state index is 11.0. The lowest BCUT2D eigenvalue weighted by Crippen LogP contribution is -2.21. The molecule has 1 N–H and O–H groups in total. The van der Waals surface area contributed by atoms with Gasteiger partial charge in [-0.1, -0.05) is 12.1 Å². The first kappa shape index (κ1) is 12.3. The van der Waals surface area contributed by atoms with E-state index in [4.69, 9.17) is 0 Å². The van der Waals surface area contributed by atoms with Crippen molar-refractivity contribution in [1.82, 2.24) is 0 Å². The van der Waals surface area contributed by atoms with Gasteiger partial charge in [0.2, 0.25) is 0 Å². The largest absolute Gasteiger partial charge is 0.390 e. The Bertz CT molecular complexity index is 336. The zero-order valence-corrected chi connectivity index (χ0v) is 10.1. The Kier molecular flexibility index (Phi) is 3.94. The Balaban J connectivity index is 2.61. The molecule has 0 unspecified atom stereocenters. The summed E-state index contributed by atoms with van der Waals surface area (Å²) in [6.45, 7) is 5.12. The van der Waals surface area contributed by atoms with E-state index in [-0.39, 0.29) is 5.78 Å². The van der Waals surface area contributed by atoms with Crippen molar-refractivity contribution >= 4 is 17.5 Å². The van der Waals surface area contributed by atoms with Crippen LogP contribution in [0.3, 0.4) is 0 Å². The van der Waals surface area contributed by atoms with Gasteiger partial charge in [-0.2, -0.15) is 0 Å². The third-order valence-electron chi connectivity index (χ3n) is 1.85. The van der Waals surface area contributed by atoms with E-state index in [0.29, 0.717) is 5.75 Å². The fourth-order valence-electron chi connectivity index (χ4n) is 1.05. The van der Waals surface area contributed by atoms with Gasteiger partial charge in [0, 0.05) is 16.2 Å². The van der Waals surface area contributed by atoms with Crippen LogP contribution in [0.25, 0.3) is 0 Å². The van der Waals surface area contributed by atoms with Crippen molar-refractivity contribution in [3.8, 4) is 0 Å². The molecule has 82 valence electrons. The van der Waals surface area contributed by atoms with Gasteiger partial charge in [0.15, 0.2) is 5.78 Å². The van der Waals surface area contributed by atoms with E-state index < -0.39 is 5.60 Å². The molecule has 0 amide bonds. The van der Waals surface area contributed by atoms with E-state index in [1.807, 2.05) is 24.3 Å². The molecule has 1 rings (SSSR count). The smallest absolute Gasteiger partial charge is 0.159 e. The van der Waals surface area contributed by atoms with Crippen LogP contribution in [0.15, 0.2) is 29.2 Å². The Hall–Kier alpha value is -0.800.